The van der Waals surface area contributed by atoms with E-state index in [0.29, 0.717) is 0 Å². The van der Waals surface area contributed by atoms with Crippen molar-refractivity contribution < 1.29 is 4.79 Å². The van der Waals surface area contributed by atoms with Crippen molar-refractivity contribution in [1.29, 1.82) is 0 Å². The van der Waals surface area contributed by atoms with E-state index in [1.54, 1.807) is 7.05 Å². The molecular formula is C3H7IN2O. The van der Waals surface area contributed by atoms with E-state index >= 15 is 0 Å². The number of carbonyl (C=O) groups excluding carboxylic acids is 1. The average Bonchev–Trinajstić information content (AvgIpc) is 1.68. The Morgan fingerprint density at radius 2 is 2.43 bits per heavy atom. The Morgan fingerprint density at radius 1 is 1.86 bits per heavy atom. The molecule has 2 N–H and O–H groups in total. The molecule has 0 aliphatic carbocycles. The SMILES string of the molecule is C=INC(=O)NC. The second-order valence-corrected chi connectivity index (χ2v) is 2.11. The number of rotatable bonds is 1. The van der Waals surface area contributed by atoms with E-state index in [2.05, 4.69) is 13.4 Å². The summed E-state index contributed by atoms with van der Waals surface area (Å²) >= 11 is -0.351. The van der Waals surface area contributed by atoms with Gasteiger partial charge in [-0.25, -0.2) is 4.79 Å². The van der Waals surface area contributed by atoms with Crippen LogP contribution >= 0.6 is 21.0 Å². The standard InChI is InChI=1S/C3H7IN2O/c1-4-6-3(7)5-2/h1H2,2H3,(H2,5,6,7). The number of nitrogens with one attached hydrogen (secondary N) is 2. The average molecular weight is 214 g/mol. The number of hydrogen-bond donors (Lipinski definition) is 2. The highest BCUT2D eigenvalue weighted by molar-refractivity contribution is 14.2. The van der Waals surface area contributed by atoms with Gasteiger partial charge in [0, 0.05) is 7.05 Å². The molecule has 3 nitrogen and oxygen atoms in total. The smallest absolute Gasteiger partial charge is 0.322 e. The molecule has 42 valence electrons. The van der Waals surface area contributed by atoms with E-state index in [1.165, 1.54) is 0 Å². The van der Waals surface area contributed by atoms with Gasteiger partial charge in [-0.2, -0.15) is 0 Å². The van der Waals surface area contributed by atoms with E-state index in [-0.39, 0.29) is 27.0 Å². The number of hydrogen-bond acceptors (Lipinski definition) is 1. The van der Waals surface area contributed by atoms with Crippen molar-refractivity contribution in [3.63, 3.8) is 0 Å². The van der Waals surface area contributed by atoms with Crippen molar-refractivity contribution in [2.45, 2.75) is 0 Å². The Morgan fingerprint density at radius 3 is 2.57 bits per heavy atom. The molecule has 0 aliphatic heterocycles. The minimum atomic E-state index is -0.351. The summed E-state index contributed by atoms with van der Waals surface area (Å²) in [4.78, 5) is 10.2. The first-order valence-electron chi connectivity index (χ1n) is 1.66. The number of urea groups is 1. The fraction of sp³-hybridized carbons (Fsp3) is 0.333. The summed E-state index contributed by atoms with van der Waals surface area (Å²) in [5.74, 6) is 0. The summed E-state index contributed by atoms with van der Waals surface area (Å²) in [6, 6.07) is -0.136. The minimum absolute atomic E-state index is 0.136. The Hall–Kier alpha value is -0.130. The van der Waals surface area contributed by atoms with Crippen molar-refractivity contribution in [2.75, 3.05) is 7.05 Å². The van der Waals surface area contributed by atoms with E-state index < -0.39 is 0 Å². The van der Waals surface area contributed by atoms with Crippen LogP contribution in [-0.2, 0) is 0 Å². The molecule has 0 radical (unpaired) electrons. The molecule has 0 bridgehead atoms. The Balaban J connectivity index is 3.17. The van der Waals surface area contributed by atoms with Gasteiger partial charge in [-0.1, -0.05) is 0 Å². The van der Waals surface area contributed by atoms with Crippen LogP contribution in [0.2, 0.25) is 0 Å². The summed E-state index contributed by atoms with van der Waals surface area (Å²) < 4.78 is 6.06. The van der Waals surface area contributed by atoms with Gasteiger partial charge < -0.3 is 5.32 Å². The molecule has 0 saturated carbocycles. The van der Waals surface area contributed by atoms with Gasteiger partial charge in [0.15, 0.2) is 0 Å². The predicted octanol–water partition coefficient (Wildman–Crippen LogP) is 0.233. The summed E-state index contributed by atoms with van der Waals surface area (Å²) in [6.07, 6.45) is 0. The second-order valence-electron chi connectivity index (χ2n) is 0.807. The van der Waals surface area contributed by atoms with Crippen LogP contribution in [0.5, 0.6) is 0 Å². The van der Waals surface area contributed by atoms with E-state index in [1.807, 2.05) is 0 Å². The molecule has 0 aliphatic rings. The van der Waals surface area contributed by atoms with Crippen LogP contribution in [0.15, 0.2) is 0 Å². The Kier molecular flexibility index (Phi) is 3.97. The van der Waals surface area contributed by atoms with E-state index in [9.17, 15) is 4.79 Å². The molecular weight excluding hydrogens is 207 g/mol. The first-order chi connectivity index (χ1) is 3.31. The van der Waals surface area contributed by atoms with Crippen molar-refractivity contribution in [2.24, 2.45) is 0 Å². The first-order valence-corrected chi connectivity index (χ1v) is 4.26. The molecule has 0 aromatic heterocycles. The molecule has 0 rings (SSSR count). The van der Waals surface area contributed by atoms with Crippen LogP contribution in [0, 0.1) is 0 Å². The molecule has 0 atom stereocenters. The zero-order valence-electron chi connectivity index (χ0n) is 3.99. The fourth-order valence-corrected chi connectivity index (χ4v) is 0.724. The lowest BCUT2D eigenvalue weighted by atomic mass is 11.1. The van der Waals surface area contributed by atoms with Gasteiger partial charge >= 0.3 is 6.03 Å². The highest BCUT2D eigenvalue weighted by atomic mass is 127. The predicted molar refractivity (Wildman–Crippen MR) is 38.7 cm³/mol. The van der Waals surface area contributed by atoms with Gasteiger partial charge in [0.2, 0.25) is 0 Å². The van der Waals surface area contributed by atoms with Crippen molar-refractivity contribution in [3.8, 4) is 0 Å². The molecule has 0 heterocycles. The lowest BCUT2D eigenvalue weighted by Gasteiger charge is -1.91. The maximum absolute atomic E-state index is 10.2. The topological polar surface area (TPSA) is 41.1 Å². The quantitative estimate of drug-likeness (QED) is 0.476. The summed E-state index contributed by atoms with van der Waals surface area (Å²) in [5, 5.41) is 2.40. The monoisotopic (exact) mass is 214 g/mol. The third-order valence-electron chi connectivity index (χ3n) is 0.380. The summed E-state index contributed by atoms with van der Waals surface area (Å²) in [6.45, 7) is 0. The molecule has 4 heteroatoms. The van der Waals surface area contributed by atoms with Gasteiger partial charge in [0.25, 0.3) is 0 Å². The minimum Gasteiger partial charge on any atom is -0.341 e. The molecule has 0 unspecified atom stereocenters. The molecule has 7 heavy (non-hydrogen) atoms. The van der Waals surface area contributed by atoms with Crippen molar-refractivity contribution in [1.82, 2.24) is 8.85 Å². The molecule has 0 spiro atoms. The van der Waals surface area contributed by atoms with Crippen molar-refractivity contribution >= 4 is 31.6 Å². The Bertz CT molecular complexity index is 83.0. The van der Waals surface area contributed by atoms with Gasteiger partial charge in [-0.15, -0.1) is 0 Å². The second kappa shape index (κ2) is 4.04. The summed E-state index contributed by atoms with van der Waals surface area (Å²) in [7, 11) is 1.58. The van der Waals surface area contributed by atoms with Crippen LogP contribution in [0.25, 0.3) is 0 Å². The van der Waals surface area contributed by atoms with E-state index in [0.717, 1.165) is 0 Å². The highest BCUT2D eigenvalue weighted by Crippen LogP contribution is 1.76. The largest absolute Gasteiger partial charge is 0.341 e. The molecule has 0 aromatic rings. The number of halogens is 1. The van der Waals surface area contributed by atoms with Crippen molar-refractivity contribution in [3.05, 3.63) is 0 Å². The summed E-state index contributed by atoms with van der Waals surface area (Å²) in [5.41, 5.74) is 0. The lowest BCUT2D eigenvalue weighted by molar-refractivity contribution is 0.249. The third kappa shape index (κ3) is 3.71. The van der Waals surface area contributed by atoms with Crippen LogP contribution in [-0.4, -0.2) is 17.6 Å². The fourth-order valence-electron chi connectivity index (χ4n) is 0.108. The van der Waals surface area contributed by atoms with Gasteiger partial charge in [0.1, 0.15) is 0 Å². The third-order valence-corrected chi connectivity index (χ3v) is 1.25. The molecule has 2 amide bonds. The normalized spacial score (nSPS) is 7.57. The zero-order valence-corrected chi connectivity index (χ0v) is 6.15. The highest BCUT2D eigenvalue weighted by Gasteiger charge is 1.84. The van der Waals surface area contributed by atoms with Gasteiger partial charge in [0.05, 0.1) is 0 Å². The van der Waals surface area contributed by atoms with E-state index in [4.69, 9.17) is 0 Å². The lowest BCUT2D eigenvalue weighted by Crippen LogP contribution is -2.25. The molecule has 0 fully saturated rings. The number of amides is 2. The Labute approximate surface area is 52.6 Å². The zero-order chi connectivity index (χ0) is 5.70. The van der Waals surface area contributed by atoms with Gasteiger partial charge in [-0.05, 0) is 25.5 Å². The van der Waals surface area contributed by atoms with Crippen LogP contribution in [0.3, 0.4) is 0 Å². The van der Waals surface area contributed by atoms with Crippen LogP contribution < -0.4 is 8.85 Å². The molecule has 0 saturated heterocycles. The first kappa shape index (κ1) is 6.87. The maximum atomic E-state index is 10.2. The van der Waals surface area contributed by atoms with Crippen LogP contribution in [0.4, 0.5) is 4.79 Å². The van der Waals surface area contributed by atoms with Crippen LogP contribution in [0.1, 0.15) is 0 Å². The van der Waals surface area contributed by atoms with Gasteiger partial charge in [-0.3, -0.25) is 3.53 Å². The number of carbonyl (C=O) groups is 1. The maximum Gasteiger partial charge on any atom is 0.322 e. The molecule has 0 aromatic carbocycles.